The fourth-order valence-corrected chi connectivity index (χ4v) is 3.82. The van der Waals surface area contributed by atoms with Gasteiger partial charge < -0.3 is 0 Å². The maximum atomic E-state index is 15.1. The van der Waals surface area contributed by atoms with Crippen molar-refractivity contribution >= 4 is 22.4 Å². The molecule has 0 aliphatic heterocycles. The largest absolute Gasteiger partial charge is 0.241 e. The van der Waals surface area contributed by atoms with Gasteiger partial charge in [-0.15, -0.1) is 0 Å². The zero-order chi connectivity index (χ0) is 22.7. The number of hydrogen-bond donors (Lipinski definition) is 0. The van der Waals surface area contributed by atoms with Crippen LogP contribution in [0.25, 0.3) is 10.8 Å². The lowest BCUT2D eigenvalue weighted by molar-refractivity contribution is 0.579. The maximum Gasteiger partial charge on any atom is 0.145 e. The highest BCUT2D eigenvalue weighted by atomic mass is 35.5. The summed E-state index contributed by atoms with van der Waals surface area (Å²) in [7, 11) is 0. The van der Waals surface area contributed by atoms with E-state index in [-0.39, 0.29) is 5.82 Å². The Morgan fingerprint density at radius 1 is 0.750 bits per heavy atom. The molecule has 0 spiro atoms. The molecule has 6 heteroatoms. The van der Waals surface area contributed by atoms with Crippen LogP contribution in [-0.4, -0.2) is 9.97 Å². The molecule has 0 saturated carbocycles. The zero-order valence-electron chi connectivity index (χ0n) is 17.6. The van der Waals surface area contributed by atoms with Gasteiger partial charge in [-0.3, -0.25) is 0 Å². The Hall–Kier alpha value is -2.92. The van der Waals surface area contributed by atoms with Gasteiger partial charge >= 0.3 is 0 Å². The van der Waals surface area contributed by atoms with E-state index < -0.39 is 16.7 Å². The van der Waals surface area contributed by atoms with E-state index in [0.29, 0.717) is 35.8 Å². The number of benzene rings is 3. The van der Waals surface area contributed by atoms with Crippen LogP contribution in [0.3, 0.4) is 0 Å². The van der Waals surface area contributed by atoms with Gasteiger partial charge in [0.1, 0.15) is 28.3 Å². The molecule has 0 amide bonds. The molecule has 0 unspecified atom stereocenters. The standard InChI is InChI=1S/C26H22ClF3N2/c1-2-16-14-31-24(32-15-16)10-5-17-4-9-21-20(11-17)8-7-19(26(21)30)6-3-18-12-22(28)25(27)23(29)13-18/h4,7-9,11-15H,2-3,5-6,10H2,1H3. The first-order chi connectivity index (χ1) is 15.4. The summed E-state index contributed by atoms with van der Waals surface area (Å²) < 4.78 is 42.3. The summed E-state index contributed by atoms with van der Waals surface area (Å²) in [6.07, 6.45) is 6.73. The van der Waals surface area contributed by atoms with E-state index in [1.54, 1.807) is 12.1 Å². The SMILES string of the molecule is CCc1cnc(CCc2ccc3c(F)c(CCc4cc(F)c(Cl)c(F)c4)ccc3c2)nc1. The van der Waals surface area contributed by atoms with Crippen LogP contribution in [0.15, 0.2) is 54.9 Å². The molecule has 0 bridgehead atoms. The minimum atomic E-state index is -0.806. The van der Waals surface area contributed by atoms with Crippen molar-refractivity contribution in [2.24, 2.45) is 0 Å². The molecule has 4 rings (SSSR count). The van der Waals surface area contributed by atoms with Crippen LogP contribution >= 0.6 is 11.6 Å². The summed E-state index contributed by atoms with van der Waals surface area (Å²) >= 11 is 5.52. The van der Waals surface area contributed by atoms with Crippen molar-refractivity contribution in [3.8, 4) is 0 Å². The van der Waals surface area contributed by atoms with Gasteiger partial charge in [-0.2, -0.15) is 0 Å². The molecule has 164 valence electrons. The number of hydrogen-bond acceptors (Lipinski definition) is 2. The van der Waals surface area contributed by atoms with E-state index in [9.17, 15) is 8.78 Å². The average molecular weight is 455 g/mol. The molecular formula is C26H22ClF3N2. The average Bonchev–Trinajstić information content (AvgIpc) is 2.81. The molecule has 1 aromatic heterocycles. The number of rotatable bonds is 7. The third-order valence-electron chi connectivity index (χ3n) is 5.63. The Morgan fingerprint density at radius 2 is 1.44 bits per heavy atom. The van der Waals surface area contributed by atoms with Gasteiger partial charge in [0.25, 0.3) is 0 Å². The van der Waals surface area contributed by atoms with Gasteiger partial charge in [-0.05, 0) is 65.5 Å². The van der Waals surface area contributed by atoms with Crippen LogP contribution < -0.4 is 0 Å². The highest BCUT2D eigenvalue weighted by Gasteiger charge is 2.12. The Morgan fingerprint density at radius 3 is 2.12 bits per heavy atom. The van der Waals surface area contributed by atoms with Crippen LogP contribution in [0.1, 0.15) is 35.0 Å². The monoisotopic (exact) mass is 454 g/mol. The Labute approximate surface area is 190 Å². The third kappa shape index (κ3) is 4.94. The molecule has 2 nitrogen and oxygen atoms in total. The Kier molecular flexibility index (Phi) is 6.75. The molecule has 0 aliphatic carbocycles. The molecule has 3 aromatic carbocycles. The lowest BCUT2D eigenvalue weighted by atomic mass is 9.98. The molecule has 32 heavy (non-hydrogen) atoms. The molecule has 1 heterocycles. The van der Waals surface area contributed by atoms with Gasteiger partial charge in [0.15, 0.2) is 0 Å². The third-order valence-corrected chi connectivity index (χ3v) is 5.99. The van der Waals surface area contributed by atoms with E-state index in [2.05, 4.69) is 16.9 Å². The highest BCUT2D eigenvalue weighted by Crippen LogP contribution is 2.25. The predicted octanol–water partition coefficient (Wildman–Crippen LogP) is 6.83. The first-order valence-corrected chi connectivity index (χ1v) is 11.0. The lowest BCUT2D eigenvalue weighted by Crippen LogP contribution is -2.00. The predicted molar refractivity (Wildman–Crippen MR) is 122 cm³/mol. The summed E-state index contributed by atoms with van der Waals surface area (Å²) in [6, 6.07) is 11.7. The second-order valence-electron chi connectivity index (χ2n) is 7.83. The van der Waals surface area contributed by atoms with Crippen molar-refractivity contribution in [2.45, 2.75) is 39.0 Å². The molecule has 0 saturated heterocycles. The van der Waals surface area contributed by atoms with E-state index in [1.165, 1.54) is 12.1 Å². The summed E-state index contributed by atoms with van der Waals surface area (Å²) in [6.45, 7) is 2.06. The van der Waals surface area contributed by atoms with Crippen LogP contribution in [-0.2, 0) is 32.1 Å². The van der Waals surface area contributed by atoms with Crippen molar-refractivity contribution < 1.29 is 13.2 Å². The first-order valence-electron chi connectivity index (χ1n) is 10.6. The number of fused-ring (bicyclic) bond motifs is 1. The molecule has 0 aliphatic rings. The van der Waals surface area contributed by atoms with Gasteiger partial charge in [0.05, 0.1) is 0 Å². The molecule has 4 aromatic rings. The quantitative estimate of drug-likeness (QED) is 0.286. The van der Waals surface area contributed by atoms with E-state index in [0.717, 1.165) is 35.2 Å². The van der Waals surface area contributed by atoms with E-state index >= 15 is 4.39 Å². The van der Waals surface area contributed by atoms with Crippen LogP contribution in [0.5, 0.6) is 0 Å². The smallest absolute Gasteiger partial charge is 0.145 e. The van der Waals surface area contributed by atoms with Crippen molar-refractivity contribution in [1.29, 1.82) is 0 Å². The van der Waals surface area contributed by atoms with Crippen molar-refractivity contribution in [2.75, 3.05) is 0 Å². The molecule has 0 fully saturated rings. The first kappa shape index (κ1) is 22.3. The Bertz CT molecular complexity index is 1230. The fraction of sp³-hybridized carbons (Fsp3) is 0.231. The van der Waals surface area contributed by atoms with Gasteiger partial charge in [0, 0.05) is 24.2 Å². The topological polar surface area (TPSA) is 25.8 Å². The summed E-state index contributed by atoms with van der Waals surface area (Å²) in [5.41, 5.74) is 3.14. The highest BCUT2D eigenvalue weighted by molar-refractivity contribution is 6.30. The molecule has 0 radical (unpaired) electrons. The second kappa shape index (κ2) is 9.70. The molecule has 0 atom stereocenters. The summed E-state index contributed by atoms with van der Waals surface area (Å²) in [5, 5.41) is 0.823. The van der Waals surface area contributed by atoms with E-state index in [4.69, 9.17) is 11.6 Å². The minimum Gasteiger partial charge on any atom is -0.241 e. The number of halogens is 4. The van der Waals surface area contributed by atoms with Crippen LogP contribution in [0.4, 0.5) is 13.2 Å². The van der Waals surface area contributed by atoms with Gasteiger partial charge in [0.2, 0.25) is 0 Å². The summed E-state index contributed by atoms with van der Waals surface area (Å²) in [5.74, 6) is -1.12. The minimum absolute atomic E-state index is 0.303. The molecular weight excluding hydrogens is 433 g/mol. The van der Waals surface area contributed by atoms with Crippen LogP contribution in [0.2, 0.25) is 5.02 Å². The number of aryl methyl sites for hydroxylation is 5. The van der Waals surface area contributed by atoms with Crippen molar-refractivity contribution in [3.63, 3.8) is 0 Å². The fourth-order valence-electron chi connectivity index (χ4n) is 3.72. The van der Waals surface area contributed by atoms with Gasteiger partial charge in [-0.25, -0.2) is 23.1 Å². The molecule has 0 N–H and O–H groups in total. The normalized spacial score (nSPS) is 11.3. The number of aromatic nitrogens is 2. The summed E-state index contributed by atoms with van der Waals surface area (Å²) in [4.78, 5) is 8.78. The second-order valence-corrected chi connectivity index (χ2v) is 8.21. The van der Waals surface area contributed by atoms with Crippen LogP contribution in [0, 0.1) is 17.5 Å². The van der Waals surface area contributed by atoms with Crippen molar-refractivity contribution in [3.05, 3.63) is 105 Å². The maximum absolute atomic E-state index is 15.1. The number of nitrogens with zero attached hydrogens (tertiary/aromatic N) is 2. The zero-order valence-corrected chi connectivity index (χ0v) is 18.4. The lowest BCUT2D eigenvalue weighted by Gasteiger charge is -2.09. The van der Waals surface area contributed by atoms with Crippen molar-refractivity contribution in [1.82, 2.24) is 9.97 Å². The Balaban J connectivity index is 1.46. The van der Waals surface area contributed by atoms with Gasteiger partial charge in [-0.1, -0.05) is 48.9 Å². The van der Waals surface area contributed by atoms with E-state index in [1.807, 2.05) is 30.6 Å².